The third kappa shape index (κ3) is 3.99. The molecule has 0 unspecified atom stereocenters. The first kappa shape index (κ1) is 18.3. The van der Waals surface area contributed by atoms with E-state index in [1.807, 2.05) is 55.5 Å². The quantitative estimate of drug-likeness (QED) is 0.693. The molecule has 26 heavy (non-hydrogen) atoms. The van der Waals surface area contributed by atoms with Gasteiger partial charge in [-0.05, 0) is 43.2 Å². The smallest absolute Gasteiger partial charge is 0.329 e. The molecule has 1 amide bonds. The Morgan fingerprint density at radius 3 is 2.35 bits per heavy atom. The summed E-state index contributed by atoms with van der Waals surface area (Å²) in [5.41, 5.74) is 2.83. The highest BCUT2D eigenvalue weighted by atomic mass is 35.5. The van der Waals surface area contributed by atoms with Crippen LogP contribution in [0.15, 0.2) is 53.3 Å². The van der Waals surface area contributed by atoms with Gasteiger partial charge in [0, 0.05) is 31.1 Å². The molecule has 6 heteroatoms. The first-order chi connectivity index (χ1) is 12.6. The van der Waals surface area contributed by atoms with Crippen LogP contribution in [0.2, 0.25) is 5.02 Å². The van der Waals surface area contributed by atoms with E-state index in [0.717, 1.165) is 23.0 Å². The Bertz CT molecular complexity index is 957. The number of carbonyl (C=O) groups excluding carboxylic acids is 1. The molecule has 0 aliphatic rings. The summed E-state index contributed by atoms with van der Waals surface area (Å²) < 4.78 is 3.41. The van der Waals surface area contributed by atoms with E-state index in [0.29, 0.717) is 24.7 Å². The molecule has 0 aliphatic carbocycles. The molecule has 0 radical (unpaired) electrons. The topological polar surface area (TPSA) is 56.0 Å². The molecule has 0 saturated carbocycles. The van der Waals surface area contributed by atoms with E-state index in [4.69, 9.17) is 11.6 Å². The second kappa shape index (κ2) is 8.23. The van der Waals surface area contributed by atoms with Gasteiger partial charge in [-0.1, -0.05) is 35.9 Å². The van der Waals surface area contributed by atoms with Gasteiger partial charge in [-0.2, -0.15) is 0 Å². The van der Waals surface area contributed by atoms with E-state index in [9.17, 15) is 9.59 Å². The van der Waals surface area contributed by atoms with Gasteiger partial charge in [0.25, 0.3) is 0 Å². The highest BCUT2D eigenvalue weighted by Gasteiger charge is 2.12. The number of imidazole rings is 1. The standard InChI is InChI=1S/C20H22ClN3O2/c1-2-23-17-5-3-4-6-18(17)24(20(23)26)14-12-19(25)22-13-11-15-7-9-16(21)10-8-15/h3-10H,2,11-14H2,1H3,(H,22,25). The third-order valence-corrected chi connectivity index (χ3v) is 4.70. The van der Waals surface area contributed by atoms with Gasteiger partial charge in [0.2, 0.25) is 5.91 Å². The number of hydrogen-bond acceptors (Lipinski definition) is 2. The average molecular weight is 372 g/mol. The zero-order chi connectivity index (χ0) is 18.5. The van der Waals surface area contributed by atoms with Crippen LogP contribution in [-0.4, -0.2) is 21.6 Å². The van der Waals surface area contributed by atoms with Gasteiger partial charge in [-0.25, -0.2) is 4.79 Å². The lowest BCUT2D eigenvalue weighted by Crippen LogP contribution is -2.29. The maximum Gasteiger partial charge on any atom is 0.329 e. The molecule has 0 aliphatic heterocycles. The highest BCUT2D eigenvalue weighted by molar-refractivity contribution is 6.30. The number of benzene rings is 2. The maximum atomic E-state index is 12.5. The van der Waals surface area contributed by atoms with Crippen molar-refractivity contribution in [3.05, 3.63) is 69.6 Å². The minimum absolute atomic E-state index is 0.0563. The molecule has 0 bridgehead atoms. The number of para-hydroxylation sites is 2. The van der Waals surface area contributed by atoms with Gasteiger partial charge in [-0.15, -0.1) is 0 Å². The van der Waals surface area contributed by atoms with E-state index in [2.05, 4.69) is 5.32 Å². The fourth-order valence-corrected chi connectivity index (χ4v) is 3.22. The second-order valence-electron chi connectivity index (χ2n) is 6.14. The van der Waals surface area contributed by atoms with E-state index < -0.39 is 0 Å². The first-order valence-corrected chi connectivity index (χ1v) is 9.17. The summed E-state index contributed by atoms with van der Waals surface area (Å²) >= 11 is 5.86. The van der Waals surface area contributed by atoms with Crippen LogP contribution in [-0.2, 0) is 24.3 Å². The number of aromatic nitrogens is 2. The molecule has 5 nitrogen and oxygen atoms in total. The third-order valence-electron chi connectivity index (χ3n) is 4.45. The van der Waals surface area contributed by atoms with Crippen LogP contribution < -0.4 is 11.0 Å². The minimum atomic E-state index is -0.0670. The largest absolute Gasteiger partial charge is 0.356 e. The monoisotopic (exact) mass is 371 g/mol. The number of hydrogen-bond donors (Lipinski definition) is 1. The number of halogens is 1. The number of fused-ring (bicyclic) bond motifs is 1. The van der Waals surface area contributed by atoms with Crippen molar-refractivity contribution in [2.24, 2.45) is 0 Å². The van der Waals surface area contributed by atoms with Gasteiger partial charge in [0.1, 0.15) is 0 Å². The molecule has 3 rings (SSSR count). The van der Waals surface area contributed by atoms with Gasteiger partial charge in [-0.3, -0.25) is 13.9 Å². The van der Waals surface area contributed by atoms with Gasteiger partial charge in [0.15, 0.2) is 0 Å². The lowest BCUT2D eigenvalue weighted by Gasteiger charge is -2.06. The lowest BCUT2D eigenvalue weighted by atomic mass is 10.1. The summed E-state index contributed by atoms with van der Waals surface area (Å²) in [6.07, 6.45) is 1.02. The zero-order valence-corrected chi connectivity index (χ0v) is 15.5. The van der Waals surface area contributed by atoms with Crippen molar-refractivity contribution >= 4 is 28.5 Å². The second-order valence-corrected chi connectivity index (χ2v) is 6.58. The number of nitrogens with zero attached hydrogens (tertiary/aromatic N) is 2. The van der Waals surface area contributed by atoms with E-state index >= 15 is 0 Å². The van der Waals surface area contributed by atoms with Crippen molar-refractivity contribution in [3.8, 4) is 0 Å². The van der Waals surface area contributed by atoms with Crippen LogP contribution in [0.1, 0.15) is 18.9 Å². The first-order valence-electron chi connectivity index (χ1n) is 8.79. The van der Waals surface area contributed by atoms with Crippen LogP contribution >= 0.6 is 11.6 Å². The van der Waals surface area contributed by atoms with Crippen molar-refractivity contribution in [3.63, 3.8) is 0 Å². The summed E-state index contributed by atoms with van der Waals surface area (Å²) in [6, 6.07) is 15.3. The Morgan fingerprint density at radius 2 is 1.69 bits per heavy atom. The minimum Gasteiger partial charge on any atom is -0.356 e. The van der Waals surface area contributed by atoms with Crippen LogP contribution in [0.3, 0.4) is 0 Å². The molecule has 0 saturated heterocycles. The molecule has 1 heterocycles. The summed E-state index contributed by atoms with van der Waals surface area (Å²) in [5, 5.41) is 3.61. The van der Waals surface area contributed by atoms with Crippen molar-refractivity contribution in [2.45, 2.75) is 32.9 Å². The maximum absolute atomic E-state index is 12.5. The van der Waals surface area contributed by atoms with Crippen LogP contribution in [0.25, 0.3) is 11.0 Å². The molecule has 1 aromatic heterocycles. The van der Waals surface area contributed by atoms with Gasteiger partial charge >= 0.3 is 5.69 Å². The van der Waals surface area contributed by atoms with Crippen molar-refractivity contribution in [1.82, 2.24) is 14.5 Å². The normalized spacial score (nSPS) is 11.0. The zero-order valence-electron chi connectivity index (χ0n) is 14.7. The van der Waals surface area contributed by atoms with Crippen LogP contribution in [0.5, 0.6) is 0 Å². The molecule has 2 aromatic carbocycles. The summed E-state index contributed by atoms with van der Waals surface area (Å²) in [5.74, 6) is -0.0563. The number of aryl methyl sites for hydroxylation is 2. The van der Waals surface area contributed by atoms with Gasteiger partial charge < -0.3 is 5.32 Å². The van der Waals surface area contributed by atoms with Crippen molar-refractivity contribution in [2.75, 3.05) is 6.54 Å². The fourth-order valence-electron chi connectivity index (χ4n) is 3.09. The fraction of sp³-hybridized carbons (Fsp3) is 0.300. The lowest BCUT2D eigenvalue weighted by molar-refractivity contribution is -0.121. The Hall–Kier alpha value is -2.53. The molecular weight excluding hydrogens is 350 g/mol. The predicted molar refractivity (Wildman–Crippen MR) is 105 cm³/mol. The average Bonchev–Trinajstić information content (AvgIpc) is 2.92. The summed E-state index contributed by atoms with van der Waals surface area (Å²) in [6.45, 7) is 3.49. The molecule has 0 fully saturated rings. The number of rotatable bonds is 7. The molecule has 1 N–H and O–H groups in total. The predicted octanol–water partition coefficient (Wildman–Crippen LogP) is 3.23. The number of amides is 1. The SMILES string of the molecule is CCn1c(=O)n(CCC(=O)NCCc2ccc(Cl)cc2)c2ccccc21. The molecule has 0 spiro atoms. The van der Waals surface area contributed by atoms with E-state index in [-0.39, 0.29) is 18.0 Å². The van der Waals surface area contributed by atoms with Crippen molar-refractivity contribution in [1.29, 1.82) is 0 Å². The van der Waals surface area contributed by atoms with E-state index in [1.165, 1.54) is 0 Å². The van der Waals surface area contributed by atoms with E-state index in [1.54, 1.807) is 9.13 Å². The van der Waals surface area contributed by atoms with Crippen LogP contribution in [0.4, 0.5) is 0 Å². The Balaban J connectivity index is 1.58. The number of nitrogens with one attached hydrogen (secondary N) is 1. The molecule has 0 atom stereocenters. The van der Waals surface area contributed by atoms with Crippen LogP contribution in [0, 0.1) is 0 Å². The molecular formula is C20H22ClN3O2. The number of carbonyl (C=O) groups is 1. The molecule has 3 aromatic rings. The summed E-state index contributed by atoms with van der Waals surface area (Å²) in [4.78, 5) is 24.7. The Kier molecular flexibility index (Phi) is 5.78. The summed E-state index contributed by atoms with van der Waals surface area (Å²) in [7, 11) is 0. The highest BCUT2D eigenvalue weighted by Crippen LogP contribution is 2.13. The Labute approximate surface area is 157 Å². The molecule has 136 valence electrons. The van der Waals surface area contributed by atoms with Gasteiger partial charge in [0.05, 0.1) is 11.0 Å². The Morgan fingerprint density at radius 1 is 1.04 bits per heavy atom. The van der Waals surface area contributed by atoms with Crippen molar-refractivity contribution < 1.29 is 4.79 Å².